The lowest BCUT2D eigenvalue weighted by atomic mass is 10.0. The van der Waals surface area contributed by atoms with Gasteiger partial charge in [-0.05, 0) is 74.1 Å². The van der Waals surface area contributed by atoms with E-state index in [2.05, 4.69) is 20.2 Å². The molecule has 1 aliphatic heterocycles. The minimum atomic E-state index is -0.686. The van der Waals surface area contributed by atoms with E-state index >= 15 is 0 Å². The summed E-state index contributed by atoms with van der Waals surface area (Å²) >= 11 is 11.4. The van der Waals surface area contributed by atoms with Crippen molar-refractivity contribution in [2.45, 2.75) is 26.3 Å². The van der Waals surface area contributed by atoms with Crippen LogP contribution in [0.3, 0.4) is 0 Å². The van der Waals surface area contributed by atoms with E-state index in [0.717, 1.165) is 43.5 Å². The molecule has 0 amide bonds. The Morgan fingerprint density at radius 2 is 1.66 bits per heavy atom. The standard InChI is InChI=1S/C25H29ClN6O2S/c1-3-22(23(33)18-5-7-19(26)8-6-18)32-25(34)31(17-28-32)21-11-9-20(10-12-21)29-13-15-30(16-14-29)24(35)27-4-2/h5-12,17,22H,3-4,13-16H2,1-2H3,(H,27,35). The van der Waals surface area contributed by atoms with Gasteiger partial charge in [0.25, 0.3) is 0 Å². The highest BCUT2D eigenvalue weighted by Crippen LogP contribution is 2.21. The molecule has 0 spiro atoms. The fourth-order valence-corrected chi connectivity index (χ4v) is 4.69. The van der Waals surface area contributed by atoms with Crippen LogP contribution in [-0.4, -0.2) is 62.9 Å². The lowest BCUT2D eigenvalue weighted by molar-refractivity contribution is 0.0911. The van der Waals surface area contributed by atoms with Crippen LogP contribution >= 0.6 is 23.8 Å². The number of anilines is 1. The quantitative estimate of drug-likeness (QED) is 0.383. The summed E-state index contributed by atoms with van der Waals surface area (Å²) < 4.78 is 2.73. The number of nitrogens with zero attached hydrogens (tertiary/aromatic N) is 5. The molecule has 1 aromatic heterocycles. The van der Waals surface area contributed by atoms with E-state index in [9.17, 15) is 9.59 Å². The third-order valence-electron chi connectivity index (χ3n) is 6.19. The van der Waals surface area contributed by atoms with E-state index in [0.29, 0.717) is 22.7 Å². The maximum Gasteiger partial charge on any atom is 0.351 e. The predicted octanol–water partition coefficient (Wildman–Crippen LogP) is 3.54. The minimum Gasteiger partial charge on any atom is -0.368 e. The largest absolute Gasteiger partial charge is 0.368 e. The molecule has 2 aromatic carbocycles. The number of piperazine rings is 1. The lowest BCUT2D eigenvalue weighted by Crippen LogP contribution is -2.51. The molecule has 35 heavy (non-hydrogen) atoms. The van der Waals surface area contributed by atoms with Gasteiger partial charge in [0.15, 0.2) is 10.9 Å². The summed E-state index contributed by atoms with van der Waals surface area (Å²) in [5, 5.41) is 8.83. The zero-order chi connectivity index (χ0) is 24.9. The maximum absolute atomic E-state index is 13.2. The first-order valence-electron chi connectivity index (χ1n) is 11.8. The fourth-order valence-electron chi connectivity index (χ4n) is 4.24. The summed E-state index contributed by atoms with van der Waals surface area (Å²) in [7, 11) is 0. The third-order valence-corrected chi connectivity index (χ3v) is 6.85. The molecule has 1 atom stereocenters. The highest BCUT2D eigenvalue weighted by molar-refractivity contribution is 7.80. The van der Waals surface area contributed by atoms with Crippen LogP contribution in [0.2, 0.25) is 5.02 Å². The van der Waals surface area contributed by atoms with Crippen molar-refractivity contribution in [1.29, 1.82) is 0 Å². The monoisotopic (exact) mass is 512 g/mol. The van der Waals surface area contributed by atoms with Crippen LogP contribution in [0.5, 0.6) is 0 Å². The molecule has 1 unspecified atom stereocenters. The number of Topliss-reactive ketones (excluding diaryl/α,β-unsaturated/α-hetero) is 1. The number of hydrogen-bond donors (Lipinski definition) is 1. The Morgan fingerprint density at radius 3 is 2.26 bits per heavy atom. The molecule has 184 valence electrons. The molecule has 1 saturated heterocycles. The average Bonchev–Trinajstić information content (AvgIpc) is 3.26. The van der Waals surface area contributed by atoms with E-state index in [4.69, 9.17) is 23.8 Å². The van der Waals surface area contributed by atoms with Crippen molar-refractivity contribution in [2.24, 2.45) is 0 Å². The second-order valence-corrected chi connectivity index (χ2v) is 9.17. The first-order valence-corrected chi connectivity index (χ1v) is 12.6. The van der Waals surface area contributed by atoms with Gasteiger partial charge in [0, 0.05) is 49.0 Å². The average molecular weight is 513 g/mol. The van der Waals surface area contributed by atoms with Crippen LogP contribution in [0, 0.1) is 0 Å². The molecule has 0 bridgehead atoms. The first-order chi connectivity index (χ1) is 16.9. The highest BCUT2D eigenvalue weighted by Gasteiger charge is 2.24. The van der Waals surface area contributed by atoms with Crippen molar-refractivity contribution in [2.75, 3.05) is 37.6 Å². The van der Waals surface area contributed by atoms with Crippen LogP contribution in [0.4, 0.5) is 5.69 Å². The molecule has 3 aromatic rings. The van der Waals surface area contributed by atoms with Crippen molar-refractivity contribution in [3.05, 3.63) is 75.9 Å². The van der Waals surface area contributed by atoms with Crippen LogP contribution in [0.25, 0.3) is 5.69 Å². The van der Waals surface area contributed by atoms with Gasteiger partial charge in [0.1, 0.15) is 12.4 Å². The summed E-state index contributed by atoms with van der Waals surface area (Å²) in [6.45, 7) is 8.19. The molecule has 4 rings (SSSR count). The molecule has 2 heterocycles. The van der Waals surface area contributed by atoms with Crippen molar-refractivity contribution < 1.29 is 4.79 Å². The molecule has 1 N–H and O–H groups in total. The Bertz CT molecular complexity index is 1230. The summed E-state index contributed by atoms with van der Waals surface area (Å²) in [5.41, 5.74) is 1.94. The number of nitrogens with one attached hydrogen (secondary N) is 1. The molecule has 0 radical (unpaired) electrons. The Kier molecular flexibility index (Phi) is 7.87. The van der Waals surface area contributed by atoms with E-state index in [1.807, 2.05) is 38.1 Å². The smallest absolute Gasteiger partial charge is 0.351 e. The van der Waals surface area contributed by atoms with Gasteiger partial charge in [-0.1, -0.05) is 18.5 Å². The van der Waals surface area contributed by atoms with Gasteiger partial charge < -0.3 is 15.1 Å². The fraction of sp³-hybridized carbons (Fsp3) is 0.360. The highest BCUT2D eigenvalue weighted by atomic mass is 35.5. The van der Waals surface area contributed by atoms with E-state index in [1.54, 1.807) is 24.3 Å². The topological polar surface area (TPSA) is 75.4 Å². The number of ketones is 1. The maximum atomic E-state index is 13.2. The number of benzene rings is 2. The molecule has 0 saturated carbocycles. The predicted molar refractivity (Wildman–Crippen MR) is 143 cm³/mol. The second-order valence-electron chi connectivity index (χ2n) is 8.35. The minimum absolute atomic E-state index is 0.167. The zero-order valence-electron chi connectivity index (χ0n) is 19.9. The van der Waals surface area contributed by atoms with Crippen LogP contribution < -0.4 is 15.9 Å². The van der Waals surface area contributed by atoms with Gasteiger partial charge in [0.2, 0.25) is 0 Å². The van der Waals surface area contributed by atoms with Crippen LogP contribution in [0.15, 0.2) is 59.7 Å². The third kappa shape index (κ3) is 5.41. The number of thiocarbonyl (C=S) groups is 1. The van der Waals surface area contributed by atoms with Gasteiger partial charge in [-0.2, -0.15) is 5.10 Å². The Balaban J connectivity index is 1.47. The van der Waals surface area contributed by atoms with E-state index in [-0.39, 0.29) is 11.5 Å². The summed E-state index contributed by atoms with van der Waals surface area (Å²) in [4.78, 5) is 30.7. The number of hydrogen-bond acceptors (Lipinski definition) is 5. The van der Waals surface area contributed by atoms with Gasteiger partial charge >= 0.3 is 5.69 Å². The Morgan fingerprint density at radius 1 is 1.03 bits per heavy atom. The Labute approximate surface area is 215 Å². The van der Waals surface area contributed by atoms with Crippen molar-refractivity contribution in [3.63, 3.8) is 0 Å². The lowest BCUT2D eigenvalue weighted by Gasteiger charge is -2.37. The van der Waals surface area contributed by atoms with Gasteiger partial charge in [-0.15, -0.1) is 0 Å². The molecule has 1 aliphatic rings. The normalized spacial score (nSPS) is 14.6. The zero-order valence-corrected chi connectivity index (χ0v) is 21.4. The molecular formula is C25H29ClN6O2S. The van der Waals surface area contributed by atoms with Crippen LogP contribution in [-0.2, 0) is 0 Å². The molecule has 1 fully saturated rings. The molecule has 0 aliphatic carbocycles. The van der Waals surface area contributed by atoms with Gasteiger partial charge in [0.05, 0.1) is 5.69 Å². The van der Waals surface area contributed by atoms with E-state index in [1.165, 1.54) is 15.6 Å². The molecular weight excluding hydrogens is 484 g/mol. The summed E-state index contributed by atoms with van der Waals surface area (Å²) in [6, 6.07) is 13.8. The summed E-state index contributed by atoms with van der Waals surface area (Å²) in [5.74, 6) is -0.167. The van der Waals surface area contributed by atoms with Crippen molar-refractivity contribution in [1.82, 2.24) is 24.6 Å². The number of rotatable bonds is 7. The molecule has 8 nitrogen and oxygen atoms in total. The van der Waals surface area contributed by atoms with Gasteiger partial charge in [-0.3, -0.25) is 4.79 Å². The number of halogens is 1. The second kappa shape index (κ2) is 11.0. The molecule has 10 heteroatoms. The SMILES string of the molecule is CCNC(=S)N1CCN(c2ccc(-n3cnn(C(CC)C(=O)c4ccc(Cl)cc4)c3=O)cc2)CC1. The van der Waals surface area contributed by atoms with E-state index < -0.39 is 6.04 Å². The first kappa shape index (κ1) is 24.9. The summed E-state index contributed by atoms with van der Waals surface area (Å²) in [6.07, 6.45) is 1.91. The van der Waals surface area contributed by atoms with Gasteiger partial charge in [-0.25, -0.2) is 14.0 Å². The van der Waals surface area contributed by atoms with Crippen molar-refractivity contribution in [3.8, 4) is 5.69 Å². The van der Waals surface area contributed by atoms with Crippen molar-refractivity contribution >= 4 is 40.4 Å². The number of carbonyl (C=O) groups excluding carboxylic acids is 1. The van der Waals surface area contributed by atoms with Crippen LogP contribution in [0.1, 0.15) is 36.7 Å². The Hall–Kier alpha value is -3.17. The number of aromatic nitrogens is 3. The number of carbonyl (C=O) groups is 1.